The van der Waals surface area contributed by atoms with E-state index in [4.69, 9.17) is 14.5 Å². The highest BCUT2D eigenvalue weighted by Gasteiger charge is 2.27. The number of aromatic nitrogens is 3. The normalized spacial score (nSPS) is 15.0. The maximum atomic E-state index is 13.0. The van der Waals surface area contributed by atoms with Crippen LogP contribution >= 0.6 is 15.9 Å². The molecule has 0 saturated carbocycles. The Bertz CT molecular complexity index is 1070. The minimum atomic E-state index is -0.356. The molecule has 1 saturated heterocycles. The smallest absolute Gasteiger partial charge is 0.339 e. The second-order valence-electron chi connectivity index (χ2n) is 7.95. The van der Waals surface area contributed by atoms with Crippen molar-refractivity contribution < 1.29 is 14.3 Å². The number of hydrogen-bond donors (Lipinski definition) is 1. The summed E-state index contributed by atoms with van der Waals surface area (Å²) in [6.07, 6.45) is 0. The van der Waals surface area contributed by atoms with Gasteiger partial charge in [0.1, 0.15) is 4.60 Å². The fraction of sp³-hybridized carbons (Fsp3) is 0.435. The Kier molecular flexibility index (Phi) is 6.69. The van der Waals surface area contributed by atoms with Gasteiger partial charge in [-0.2, -0.15) is 5.10 Å². The van der Waals surface area contributed by atoms with E-state index in [-0.39, 0.29) is 11.9 Å². The van der Waals surface area contributed by atoms with Crippen LogP contribution in [0.25, 0.3) is 22.3 Å². The third kappa shape index (κ3) is 4.51. The lowest BCUT2D eigenvalue weighted by Crippen LogP contribution is -2.35. The predicted octanol–water partition coefficient (Wildman–Crippen LogP) is 4.52. The van der Waals surface area contributed by atoms with Gasteiger partial charge in [-0.25, -0.2) is 9.78 Å². The molecule has 1 fully saturated rings. The Morgan fingerprint density at radius 2 is 1.97 bits per heavy atom. The summed E-state index contributed by atoms with van der Waals surface area (Å²) in [4.78, 5) is 20.2. The van der Waals surface area contributed by atoms with Crippen molar-refractivity contribution in [2.24, 2.45) is 0 Å². The molecule has 4 rings (SSSR count). The Labute approximate surface area is 190 Å². The van der Waals surface area contributed by atoms with Gasteiger partial charge in [-0.3, -0.25) is 10.00 Å². The molecule has 0 aliphatic carbocycles. The van der Waals surface area contributed by atoms with Crippen LogP contribution in [0.4, 0.5) is 0 Å². The number of halogens is 1. The molecule has 0 unspecified atom stereocenters. The first-order valence-corrected chi connectivity index (χ1v) is 11.4. The second kappa shape index (κ2) is 9.46. The van der Waals surface area contributed by atoms with Crippen LogP contribution in [-0.2, 0) is 16.0 Å². The van der Waals surface area contributed by atoms with Gasteiger partial charge in [-0.1, -0.05) is 38.1 Å². The molecule has 1 aliphatic rings. The van der Waals surface area contributed by atoms with E-state index in [1.807, 2.05) is 6.92 Å². The fourth-order valence-electron chi connectivity index (χ4n) is 4.02. The van der Waals surface area contributed by atoms with Gasteiger partial charge in [0.25, 0.3) is 0 Å². The average molecular weight is 487 g/mol. The maximum Gasteiger partial charge on any atom is 0.339 e. The van der Waals surface area contributed by atoms with Gasteiger partial charge >= 0.3 is 5.97 Å². The highest BCUT2D eigenvalue weighted by Crippen LogP contribution is 2.37. The Morgan fingerprint density at radius 3 is 2.61 bits per heavy atom. The quantitative estimate of drug-likeness (QED) is 0.515. The highest BCUT2D eigenvalue weighted by atomic mass is 79.9. The summed E-state index contributed by atoms with van der Waals surface area (Å²) < 4.78 is 11.5. The zero-order valence-corrected chi connectivity index (χ0v) is 19.7. The zero-order chi connectivity index (χ0) is 22.0. The minimum absolute atomic E-state index is 0.0705. The number of fused-ring (bicyclic) bond motifs is 1. The monoisotopic (exact) mass is 486 g/mol. The molecule has 7 nitrogen and oxygen atoms in total. The number of nitrogens with zero attached hydrogens (tertiary/aromatic N) is 3. The summed E-state index contributed by atoms with van der Waals surface area (Å²) in [5.74, 6) is -0.285. The number of carbonyl (C=O) groups excluding carboxylic acids is 1. The summed E-state index contributed by atoms with van der Waals surface area (Å²) in [6.45, 7) is 10.6. The molecule has 0 atom stereocenters. The molecular formula is C23H27BrN4O3. The molecule has 0 amide bonds. The lowest BCUT2D eigenvalue weighted by molar-refractivity contribution is 0.0342. The molecule has 2 aromatic heterocycles. The molecule has 1 N–H and O–H groups in total. The van der Waals surface area contributed by atoms with Crippen LogP contribution < -0.4 is 0 Å². The van der Waals surface area contributed by atoms with Gasteiger partial charge in [0.2, 0.25) is 0 Å². The Morgan fingerprint density at radius 1 is 1.26 bits per heavy atom. The molecule has 164 valence electrons. The number of H-pyrrole nitrogens is 1. The van der Waals surface area contributed by atoms with Gasteiger partial charge in [0.05, 0.1) is 36.5 Å². The zero-order valence-electron chi connectivity index (χ0n) is 18.1. The summed E-state index contributed by atoms with van der Waals surface area (Å²) in [6, 6.07) is 8.41. The molecule has 3 heterocycles. The van der Waals surface area contributed by atoms with E-state index < -0.39 is 0 Å². The molecule has 1 aliphatic heterocycles. The van der Waals surface area contributed by atoms with E-state index >= 15 is 0 Å². The standard InChI is InChI=1S/C23H27BrN4O3/c1-4-31-23(29)18-17(14(2)3)20(25-22-19(18)21(24)26-27-22)16-7-5-15(6-8-16)13-28-9-11-30-12-10-28/h5-8,14H,4,9-13H2,1-3H3,(H,25,26,27). The van der Waals surface area contributed by atoms with Crippen LogP contribution in [0.2, 0.25) is 0 Å². The van der Waals surface area contributed by atoms with Crippen LogP contribution in [0.3, 0.4) is 0 Å². The maximum absolute atomic E-state index is 13.0. The number of pyridine rings is 1. The van der Waals surface area contributed by atoms with Crippen LogP contribution in [-0.4, -0.2) is 59.0 Å². The van der Waals surface area contributed by atoms with Crippen molar-refractivity contribution in [1.29, 1.82) is 0 Å². The average Bonchev–Trinajstić information content (AvgIpc) is 3.14. The number of rotatable bonds is 6. The first-order chi connectivity index (χ1) is 15.0. The van der Waals surface area contributed by atoms with E-state index in [0.29, 0.717) is 27.8 Å². The van der Waals surface area contributed by atoms with Crippen LogP contribution in [0.5, 0.6) is 0 Å². The number of nitrogens with one attached hydrogen (secondary N) is 1. The van der Waals surface area contributed by atoms with Crippen molar-refractivity contribution >= 4 is 32.9 Å². The lowest BCUT2D eigenvalue weighted by atomic mass is 9.90. The summed E-state index contributed by atoms with van der Waals surface area (Å²) >= 11 is 3.48. The number of benzene rings is 1. The molecule has 8 heteroatoms. The highest BCUT2D eigenvalue weighted by molar-refractivity contribution is 9.10. The van der Waals surface area contributed by atoms with Gasteiger partial charge in [0.15, 0.2) is 5.65 Å². The minimum Gasteiger partial charge on any atom is -0.462 e. The first-order valence-electron chi connectivity index (χ1n) is 10.6. The van der Waals surface area contributed by atoms with Crippen molar-refractivity contribution in [3.05, 3.63) is 45.6 Å². The van der Waals surface area contributed by atoms with Crippen LogP contribution in [0.1, 0.15) is 48.2 Å². The summed E-state index contributed by atoms with van der Waals surface area (Å²) in [7, 11) is 0. The number of hydrogen-bond acceptors (Lipinski definition) is 6. The number of carbonyl (C=O) groups is 1. The third-order valence-electron chi connectivity index (χ3n) is 5.49. The Hall–Kier alpha value is -2.29. The van der Waals surface area contributed by atoms with E-state index in [2.05, 4.69) is 69.1 Å². The van der Waals surface area contributed by atoms with Crippen molar-refractivity contribution in [3.63, 3.8) is 0 Å². The SMILES string of the molecule is CCOC(=O)c1c(C(C)C)c(-c2ccc(CN3CCOCC3)cc2)nc2n[nH]c(Br)c12. The van der Waals surface area contributed by atoms with Crippen LogP contribution in [0.15, 0.2) is 28.9 Å². The topological polar surface area (TPSA) is 80.3 Å². The van der Waals surface area contributed by atoms with Crippen molar-refractivity contribution in [1.82, 2.24) is 20.1 Å². The summed E-state index contributed by atoms with van der Waals surface area (Å²) in [5, 5.41) is 7.85. The predicted molar refractivity (Wildman–Crippen MR) is 123 cm³/mol. The van der Waals surface area contributed by atoms with E-state index in [1.54, 1.807) is 0 Å². The number of ether oxygens (including phenoxy) is 2. The molecule has 0 bridgehead atoms. The number of aromatic amines is 1. The molecule has 1 aromatic carbocycles. The first kappa shape index (κ1) is 21.9. The number of morpholine rings is 1. The van der Waals surface area contributed by atoms with Crippen molar-refractivity contribution in [2.75, 3.05) is 32.9 Å². The van der Waals surface area contributed by atoms with E-state index in [0.717, 1.165) is 49.7 Å². The third-order valence-corrected chi connectivity index (χ3v) is 6.06. The molecule has 31 heavy (non-hydrogen) atoms. The van der Waals surface area contributed by atoms with E-state index in [1.165, 1.54) is 5.56 Å². The number of esters is 1. The van der Waals surface area contributed by atoms with E-state index in [9.17, 15) is 4.79 Å². The van der Waals surface area contributed by atoms with Crippen molar-refractivity contribution in [2.45, 2.75) is 33.2 Å². The van der Waals surface area contributed by atoms with Crippen LogP contribution in [0, 0.1) is 0 Å². The second-order valence-corrected chi connectivity index (χ2v) is 8.74. The van der Waals surface area contributed by atoms with Crippen molar-refractivity contribution in [3.8, 4) is 11.3 Å². The van der Waals surface area contributed by atoms with Gasteiger partial charge in [-0.05, 0) is 39.9 Å². The summed E-state index contributed by atoms with van der Waals surface area (Å²) in [5.41, 5.74) is 4.85. The largest absolute Gasteiger partial charge is 0.462 e. The molecule has 3 aromatic rings. The lowest BCUT2D eigenvalue weighted by Gasteiger charge is -2.26. The molecule has 0 radical (unpaired) electrons. The Balaban J connectivity index is 1.78. The molecule has 0 spiro atoms. The molecular weight excluding hydrogens is 460 g/mol. The van der Waals surface area contributed by atoms with Gasteiger partial charge in [-0.15, -0.1) is 0 Å². The fourth-order valence-corrected chi connectivity index (χ4v) is 4.48. The van der Waals surface area contributed by atoms with Gasteiger partial charge < -0.3 is 9.47 Å². The van der Waals surface area contributed by atoms with Gasteiger partial charge in [0, 0.05) is 25.2 Å².